The molecule has 3 heterocycles. The number of thioether (sulfide) groups is 1. The number of amides is 2. The number of ketones is 1. The fourth-order valence-electron chi connectivity index (χ4n) is 3.62. The van der Waals surface area contributed by atoms with Crippen LogP contribution < -0.4 is 11.1 Å². The van der Waals surface area contributed by atoms with Crippen LogP contribution in [0.15, 0.2) is 5.16 Å². The molecule has 1 aromatic rings. The highest BCUT2D eigenvalue weighted by molar-refractivity contribution is 8.00. The Morgan fingerprint density at radius 1 is 1.25 bits per heavy atom. The summed E-state index contributed by atoms with van der Waals surface area (Å²) >= 11 is 1.86. The van der Waals surface area contributed by atoms with Gasteiger partial charge in [-0.15, -0.1) is 11.8 Å². The highest BCUT2D eigenvalue weighted by Gasteiger charge is 2.58. The van der Waals surface area contributed by atoms with Crippen molar-refractivity contribution in [2.45, 2.75) is 51.1 Å². The zero-order valence-corrected chi connectivity index (χ0v) is 23.6. The minimum absolute atomic E-state index is 0.0328. The molecule has 2 saturated heterocycles. The lowest BCUT2D eigenvalue weighted by Crippen LogP contribution is -2.74. The van der Waals surface area contributed by atoms with Gasteiger partial charge in [-0.3, -0.25) is 24.0 Å². The summed E-state index contributed by atoms with van der Waals surface area (Å²) in [4.78, 5) is 83.0. The van der Waals surface area contributed by atoms with E-state index in [4.69, 9.17) is 20.0 Å². The number of carboxylic acids is 1. The molecule has 18 heteroatoms. The first-order valence-electron chi connectivity index (χ1n) is 11.7. The Hall–Kier alpha value is -3.80. The van der Waals surface area contributed by atoms with Gasteiger partial charge in [0, 0.05) is 23.8 Å². The number of hydrogen-bond donors (Lipinski definition) is 3. The molecule has 0 saturated carbocycles. The smallest absolute Gasteiger partial charge is 0.347 e. The van der Waals surface area contributed by atoms with Gasteiger partial charge in [0.05, 0.1) is 0 Å². The summed E-state index contributed by atoms with van der Waals surface area (Å²) in [5.41, 5.74) is 2.81. The fraction of sp³-hybridized carbons (Fsp3) is 0.591. The Morgan fingerprint density at radius 3 is 2.52 bits per heavy atom. The summed E-state index contributed by atoms with van der Waals surface area (Å²) in [6, 6.07) is -1.04. The number of ether oxygens (including phenoxy) is 2. The van der Waals surface area contributed by atoms with Crippen molar-refractivity contribution in [1.29, 1.82) is 0 Å². The average Bonchev–Trinajstić information content (AvgIpc) is 3.27. The minimum atomic E-state index is -1.59. The molecule has 3 atom stereocenters. The summed E-state index contributed by atoms with van der Waals surface area (Å²) < 4.78 is 14.0. The molecule has 2 aliphatic rings. The number of nitrogens with two attached hydrogens (primary N) is 1. The number of nitrogens with one attached hydrogen (secondary N) is 1. The van der Waals surface area contributed by atoms with Crippen molar-refractivity contribution in [2.24, 2.45) is 10.6 Å². The van der Waals surface area contributed by atoms with Crippen LogP contribution in [-0.2, 0) is 43.1 Å². The first kappa shape index (κ1) is 30.7. The summed E-state index contributed by atoms with van der Waals surface area (Å²) in [5, 5.41) is 15.4. The highest BCUT2D eigenvalue weighted by Crippen LogP contribution is 2.42. The zero-order chi connectivity index (χ0) is 29.8. The third-order valence-corrected chi connectivity index (χ3v) is 7.54. The second-order valence-corrected chi connectivity index (χ2v) is 11.9. The van der Waals surface area contributed by atoms with Crippen LogP contribution in [-0.4, -0.2) is 103 Å². The lowest BCUT2D eigenvalue weighted by molar-refractivity contribution is -0.165. The SMILES string of the molecule is CC(=O)CC(=O)OCC1(C(=O)O)CS[C@@H]2C(NC(=O)C(=NOCC(=O)OC(C)(C)C)c3nsc(N)n3)C(=O)N2C1. The summed E-state index contributed by atoms with van der Waals surface area (Å²) in [6.07, 6.45) is -0.493. The normalized spacial score (nSPS) is 22.4. The lowest BCUT2D eigenvalue weighted by Gasteiger charge is -2.53. The van der Waals surface area contributed by atoms with E-state index in [2.05, 4.69) is 19.8 Å². The molecule has 2 amide bonds. The Morgan fingerprint density at radius 2 is 1.95 bits per heavy atom. The Bertz CT molecular complexity index is 1240. The van der Waals surface area contributed by atoms with Gasteiger partial charge >= 0.3 is 17.9 Å². The average molecular weight is 601 g/mol. The van der Waals surface area contributed by atoms with E-state index in [0.29, 0.717) is 0 Å². The molecule has 0 radical (unpaired) electrons. The second-order valence-electron chi connectivity index (χ2n) is 10.00. The number of hydrogen-bond acceptors (Lipinski definition) is 15. The third kappa shape index (κ3) is 7.44. The Labute approximate surface area is 236 Å². The standard InChI is InChI=1S/C22H28N6O10S2/c1-10(29)5-11(30)36-8-22(19(34)35)7-28-17(33)14(18(28)39-9-22)24-16(32)13(15-25-20(23)40-27-15)26-37-6-12(31)38-21(2,3)4/h14,18H,5-9H2,1-4H3,(H,24,32)(H,34,35)(H2,23,25,27)/t14?,18-,22?/m1/s1. The molecule has 3 rings (SSSR count). The Balaban J connectivity index is 1.67. The maximum atomic E-state index is 13.1. The molecule has 0 bridgehead atoms. The van der Waals surface area contributed by atoms with E-state index in [1.807, 2.05) is 0 Å². The quantitative estimate of drug-likeness (QED) is 0.0926. The molecule has 4 N–H and O–H groups in total. The van der Waals surface area contributed by atoms with Crippen LogP contribution in [0.3, 0.4) is 0 Å². The molecule has 1 aromatic heterocycles. The number of aromatic nitrogens is 2. The number of esters is 2. The van der Waals surface area contributed by atoms with Crippen molar-refractivity contribution in [3.63, 3.8) is 0 Å². The molecule has 16 nitrogen and oxygen atoms in total. The first-order valence-corrected chi connectivity index (χ1v) is 13.6. The van der Waals surface area contributed by atoms with Gasteiger partial charge < -0.3 is 35.4 Å². The van der Waals surface area contributed by atoms with Crippen LogP contribution in [0.1, 0.15) is 39.9 Å². The Kier molecular flexibility index (Phi) is 9.34. The number of nitrogen functional groups attached to an aromatic ring is 1. The number of Topliss-reactive ketones (excluding diaryl/α,β-unsaturated/α-hetero) is 1. The van der Waals surface area contributed by atoms with E-state index in [-0.39, 0.29) is 23.3 Å². The molecule has 2 aliphatic heterocycles. The van der Waals surface area contributed by atoms with Gasteiger partial charge in [0.15, 0.2) is 5.13 Å². The lowest BCUT2D eigenvalue weighted by atomic mass is 9.88. The van der Waals surface area contributed by atoms with Crippen LogP contribution in [0, 0.1) is 5.41 Å². The number of fused-ring (bicyclic) bond motifs is 1. The predicted molar refractivity (Wildman–Crippen MR) is 139 cm³/mol. The molecule has 2 fully saturated rings. The number of carbonyl (C=O) groups is 6. The number of aliphatic carboxylic acids is 1. The van der Waals surface area contributed by atoms with Crippen molar-refractivity contribution in [2.75, 3.05) is 31.2 Å². The third-order valence-electron chi connectivity index (χ3n) is 5.41. The van der Waals surface area contributed by atoms with Crippen molar-refractivity contribution in [1.82, 2.24) is 19.6 Å². The summed E-state index contributed by atoms with van der Waals surface area (Å²) in [6.45, 7) is 4.78. The van der Waals surface area contributed by atoms with Gasteiger partial charge in [0.25, 0.3) is 5.91 Å². The van der Waals surface area contributed by atoms with Crippen molar-refractivity contribution in [3.05, 3.63) is 5.82 Å². The van der Waals surface area contributed by atoms with E-state index < -0.39 is 83.3 Å². The molecule has 0 spiro atoms. The molecular weight excluding hydrogens is 572 g/mol. The van der Waals surface area contributed by atoms with E-state index in [1.165, 1.54) is 11.8 Å². The van der Waals surface area contributed by atoms with Crippen LogP contribution in [0.2, 0.25) is 0 Å². The van der Waals surface area contributed by atoms with E-state index in [1.54, 1.807) is 20.8 Å². The second kappa shape index (κ2) is 12.2. The van der Waals surface area contributed by atoms with Crippen molar-refractivity contribution >= 4 is 69.6 Å². The molecular formula is C22H28N6O10S2. The van der Waals surface area contributed by atoms with Gasteiger partial charge in [0.1, 0.15) is 41.2 Å². The van der Waals surface area contributed by atoms with Crippen LogP contribution in [0.5, 0.6) is 0 Å². The van der Waals surface area contributed by atoms with E-state index >= 15 is 0 Å². The first-order chi connectivity index (χ1) is 18.6. The fourth-order valence-corrected chi connectivity index (χ4v) is 5.58. The van der Waals surface area contributed by atoms with E-state index in [0.717, 1.165) is 23.3 Å². The summed E-state index contributed by atoms with van der Waals surface area (Å²) in [7, 11) is 0. The van der Waals surface area contributed by atoms with Crippen LogP contribution in [0.25, 0.3) is 0 Å². The largest absolute Gasteiger partial charge is 0.481 e. The van der Waals surface area contributed by atoms with Gasteiger partial charge in [0.2, 0.25) is 24.1 Å². The monoisotopic (exact) mass is 600 g/mol. The van der Waals surface area contributed by atoms with Gasteiger partial charge in [-0.1, -0.05) is 5.16 Å². The number of oxime groups is 1. The number of rotatable bonds is 11. The van der Waals surface area contributed by atoms with Gasteiger partial charge in [-0.25, -0.2) is 4.79 Å². The molecule has 2 unspecified atom stereocenters. The van der Waals surface area contributed by atoms with E-state index in [9.17, 15) is 33.9 Å². The minimum Gasteiger partial charge on any atom is -0.481 e. The molecule has 218 valence electrons. The molecule has 0 aromatic carbocycles. The number of anilines is 1. The van der Waals surface area contributed by atoms with Crippen LogP contribution >= 0.6 is 23.3 Å². The van der Waals surface area contributed by atoms with Crippen molar-refractivity contribution in [3.8, 4) is 0 Å². The van der Waals surface area contributed by atoms with Gasteiger partial charge in [-0.05, 0) is 27.7 Å². The maximum absolute atomic E-state index is 13.1. The zero-order valence-electron chi connectivity index (χ0n) is 22.0. The number of carboxylic acid groups (broad SMARTS) is 1. The predicted octanol–water partition coefficient (Wildman–Crippen LogP) is -0.824. The molecule has 0 aliphatic carbocycles. The highest BCUT2D eigenvalue weighted by atomic mass is 32.2. The number of β-lactam (4-membered cyclic amide) rings is 1. The summed E-state index contributed by atoms with van der Waals surface area (Å²) in [5.74, 6) is -5.02. The number of carbonyl (C=O) groups excluding carboxylic acids is 5. The van der Waals surface area contributed by atoms with Crippen LogP contribution in [0.4, 0.5) is 5.13 Å². The number of nitrogens with zero attached hydrogens (tertiary/aromatic N) is 4. The molecule has 40 heavy (non-hydrogen) atoms. The maximum Gasteiger partial charge on any atom is 0.347 e. The van der Waals surface area contributed by atoms with Gasteiger partial charge in [-0.2, -0.15) is 9.36 Å². The van der Waals surface area contributed by atoms with Crippen molar-refractivity contribution < 1.29 is 48.2 Å². The topological polar surface area (TPSA) is 230 Å².